The standard InChI is InChI=1S/C21H19FN4O3S/c1-2-23-19(28)13-6-5-7-14(10-13)24-18(27)11-15-12-30-21(25-15)26-20(29)16-8-3-4-9-17(16)22/h3-10,12H,2,11H2,1H3,(H,23,28)(H,24,27)(H,25,26,29). The molecule has 3 rings (SSSR count). The van der Waals surface area contributed by atoms with E-state index in [9.17, 15) is 18.8 Å². The fourth-order valence-electron chi connectivity index (χ4n) is 2.63. The molecule has 1 heterocycles. The van der Waals surface area contributed by atoms with E-state index in [0.717, 1.165) is 11.3 Å². The van der Waals surface area contributed by atoms with Crippen LogP contribution in [0.25, 0.3) is 0 Å². The normalized spacial score (nSPS) is 10.3. The highest BCUT2D eigenvalue weighted by Crippen LogP contribution is 2.18. The smallest absolute Gasteiger partial charge is 0.260 e. The van der Waals surface area contributed by atoms with E-state index < -0.39 is 11.7 Å². The van der Waals surface area contributed by atoms with Gasteiger partial charge in [-0.25, -0.2) is 9.37 Å². The molecule has 154 valence electrons. The molecule has 0 bridgehead atoms. The maximum absolute atomic E-state index is 13.7. The zero-order chi connectivity index (χ0) is 21.5. The van der Waals surface area contributed by atoms with Gasteiger partial charge in [-0.2, -0.15) is 0 Å². The van der Waals surface area contributed by atoms with Crippen molar-refractivity contribution in [2.75, 3.05) is 17.2 Å². The highest BCUT2D eigenvalue weighted by atomic mass is 32.1. The third kappa shape index (κ3) is 5.48. The molecule has 0 fully saturated rings. The third-order valence-electron chi connectivity index (χ3n) is 3.98. The Morgan fingerprint density at radius 2 is 1.83 bits per heavy atom. The summed E-state index contributed by atoms with van der Waals surface area (Å²) in [4.78, 5) is 40.5. The summed E-state index contributed by atoms with van der Waals surface area (Å²) in [6.45, 7) is 2.33. The number of rotatable bonds is 7. The molecule has 0 aliphatic rings. The van der Waals surface area contributed by atoms with Gasteiger partial charge in [0, 0.05) is 23.2 Å². The van der Waals surface area contributed by atoms with E-state index in [4.69, 9.17) is 0 Å². The monoisotopic (exact) mass is 426 g/mol. The van der Waals surface area contributed by atoms with Crippen LogP contribution in [0, 0.1) is 5.82 Å². The van der Waals surface area contributed by atoms with Gasteiger partial charge < -0.3 is 10.6 Å². The van der Waals surface area contributed by atoms with Crippen LogP contribution in [-0.2, 0) is 11.2 Å². The first-order valence-corrected chi connectivity index (χ1v) is 10.0. The van der Waals surface area contributed by atoms with Gasteiger partial charge in [0.2, 0.25) is 5.91 Å². The van der Waals surface area contributed by atoms with E-state index in [1.165, 1.54) is 18.2 Å². The Hall–Kier alpha value is -3.59. The number of amides is 3. The lowest BCUT2D eigenvalue weighted by Gasteiger charge is -2.07. The summed E-state index contributed by atoms with van der Waals surface area (Å²) < 4.78 is 13.7. The molecule has 3 amide bonds. The van der Waals surface area contributed by atoms with E-state index in [-0.39, 0.29) is 28.9 Å². The Bertz CT molecular complexity index is 1080. The predicted molar refractivity (Wildman–Crippen MR) is 113 cm³/mol. The molecule has 0 spiro atoms. The highest BCUT2D eigenvalue weighted by molar-refractivity contribution is 7.14. The lowest BCUT2D eigenvalue weighted by molar-refractivity contribution is -0.115. The second-order valence-electron chi connectivity index (χ2n) is 6.24. The molecule has 0 aliphatic carbocycles. The number of nitrogens with one attached hydrogen (secondary N) is 3. The molecule has 3 N–H and O–H groups in total. The number of carbonyl (C=O) groups is 3. The van der Waals surface area contributed by atoms with Gasteiger partial charge >= 0.3 is 0 Å². The molecular weight excluding hydrogens is 407 g/mol. The van der Waals surface area contributed by atoms with Crippen molar-refractivity contribution in [1.82, 2.24) is 10.3 Å². The number of benzene rings is 2. The Morgan fingerprint density at radius 3 is 2.60 bits per heavy atom. The van der Waals surface area contributed by atoms with Crippen molar-refractivity contribution >= 4 is 39.9 Å². The first kappa shape index (κ1) is 21.1. The molecular formula is C21H19FN4O3S. The van der Waals surface area contributed by atoms with Gasteiger partial charge in [0.25, 0.3) is 11.8 Å². The Balaban J connectivity index is 1.59. The molecule has 0 saturated heterocycles. The van der Waals surface area contributed by atoms with Crippen molar-refractivity contribution in [2.24, 2.45) is 0 Å². The van der Waals surface area contributed by atoms with Crippen LogP contribution in [0.5, 0.6) is 0 Å². The quantitative estimate of drug-likeness (QED) is 0.539. The second-order valence-corrected chi connectivity index (χ2v) is 7.10. The second kappa shape index (κ2) is 9.75. The van der Waals surface area contributed by atoms with E-state index in [1.54, 1.807) is 35.7 Å². The van der Waals surface area contributed by atoms with E-state index >= 15 is 0 Å². The lowest BCUT2D eigenvalue weighted by Crippen LogP contribution is -2.23. The van der Waals surface area contributed by atoms with Crippen molar-refractivity contribution < 1.29 is 18.8 Å². The lowest BCUT2D eigenvalue weighted by atomic mass is 10.2. The summed E-state index contributed by atoms with van der Waals surface area (Å²) >= 11 is 1.14. The van der Waals surface area contributed by atoms with Gasteiger partial charge in [0.15, 0.2) is 5.13 Å². The number of nitrogens with zero attached hydrogens (tertiary/aromatic N) is 1. The summed E-state index contributed by atoms with van der Waals surface area (Å²) in [6.07, 6.45) is -0.0164. The third-order valence-corrected chi connectivity index (χ3v) is 4.78. The van der Waals surface area contributed by atoms with E-state index in [0.29, 0.717) is 23.5 Å². The molecule has 30 heavy (non-hydrogen) atoms. The van der Waals surface area contributed by atoms with Crippen LogP contribution in [0.15, 0.2) is 53.9 Å². The fourth-order valence-corrected chi connectivity index (χ4v) is 3.33. The zero-order valence-corrected chi connectivity index (χ0v) is 16.9. The summed E-state index contributed by atoms with van der Waals surface area (Å²) in [7, 11) is 0. The largest absolute Gasteiger partial charge is 0.352 e. The molecule has 3 aromatic rings. The van der Waals surface area contributed by atoms with Crippen molar-refractivity contribution in [3.63, 3.8) is 0 Å². The highest BCUT2D eigenvalue weighted by Gasteiger charge is 2.14. The van der Waals surface area contributed by atoms with Gasteiger partial charge in [-0.3, -0.25) is 19.7 Å². The van der Waals surface area contributed by atoms with Crippen LogP contribution >= 0.6 is 11.3 Å². The van der Waals surface area contributed by atoms with Gasteiger partial charge in [0.05, 0.1) is 17.7 Å². The Morgan fingerprint density at radius 1 is 1.03 bits per heavy atom. The first-order valence-electron chi connectivity index (χ1n) is 9.14. The number of aromatic nitrogens is 1. The molecule has 0 aliphatic heterocycles. The average Bonchev–Trinajstić information content (AvgIpc) is 3.15. The number of anilines is 2. The first-order chi connectivity index (χ1) is 14.5. The fraction of sp³-hybridized carbons (Fsp3) is 0.143. The summed E-state index contributed by atoms with van der Waals surface area (Å²) in [5.74, 6) is -1.77. The number of carbonyl (C=O) groups excluding carboxylic acids is 3. The van der Waals surface area contributed by atoms with Crippen molar-refractivity contribution in [3.05, 3.63) is 76.5 Å². The average molecular weight is 426 g/mol. The Labute approximate surface area is 176 Å². The van der Waals surface area contributed by atoms with Gasteiger partial charge in [-0.1, -0.05) is 18.2 Å². The number of thiazole rings is 1. The summed E-state index contributed by atoms with van der Waals surface area (Å²) in [5, 5.41) is 9.85. The molecule has 0 atom stereocenters. The number of hydrogen-bond donors (Lipinski definition) is 3. The van der Waals surface area contributed by atoms with Crippen LogP contribution < -0.4 is 16.0 Å². The minimum atomic E-state index is -0.624. The maximum atomic E-state index is 13.7. The number of hydrogen-bond acceptors (Lipinski definition) is 5. The minimum absolute atomic E-state index is 0.0164. The van der Waals surface area contributed by atoms with Crippen LogP contribution in [0.4, 0.5) is 15.2 Å². The minimum Gasteiger partial charge on any atom is -0.352 e. The van der Waals surface area contributed by atoms with Crippen LogP contribution in [0.1, 0.15) is 33.3 Å². The Kier molecular flexibility index (Phi) is 6.87. The molecule has 0 saturated carbocycles. The van der Waals surface area contributed by atoms with Gasteiger partial charge in [-0.15, -0.1) is 11.3 Å². The maximum Gasteiger partial charge on any atom is 0.260 e. The summed E-state index contributed by atoms with van der Waals surface area (Å²) in [5.41, 5.74) is 1.31. The number of halogens is 1. The van der Waals surface area contributed by atoms with Crippen molar-refractivity contribution in [2.45, 2.75) is 13.3 Å². The molecule has 7 nitrogen and oxygen atoms in total. The SMILES string of the molecule is CCNC(=O)c1cccc(NC(=O)Cc2csc(NC(=O)c3ccccc3F)n2)c1. The van der Waals surface area contributed by atoms with Crippen molar-refractivity contribution in [1.29, 1.82) is 0 Å². The predicted octanol–water partition coefficient (Wildman–Crippen LogP) is 3.47. The summed E-state index contributed by atoms with van der Waals surface area (Å²) in [6, 6.07) is 12.3. The van der Waals surface area contributed by atoms with E-state index in [1.807, 2.05) is 6.92 Å². The van der Waals surface area contributed by atoms with Crippen molar-refractivity contribution in [3.8, 4) is 0 Å². The van der Waals surface area contributed by atoms with Crippen LogP contribution in [-0.4, -0.2) is 29.3 Å². The molecule has 2 aromatic carbocycles. The topological polar surface area (TPSA) is 100 Å². The van der Waals surface area contributed by atoms with Crippen LogP contribution in [0.2, 0.25) is 0 Å². The molecule has 1 aromatic heterocycles. The molecule has 0 unspecified atom stereocenters. The van der Waals surface area contributed by atoms with Gasteiger partial charge in [-0.05, 0) is 37.3 Å². The van der Waals surface area contributed by atoms with Gasteiger partial charge in [0.1, 0.15) is 5.82 Å². The molecule has 9 heteroatoms. The zero-order valence-electron chi connectivity index (χ0n) is 16.1. The molecule has 0 radical (unpaired) electrons. The van der Waals surface area contributed by atoms with E-state index in [2.05, 4.69) is 20.9 Å². The van der Waals surface area contributed by atoms with Crippen LogP contribution in [0.3, 0.4) is 0 Å².